The molecule has 2 fully saturated rings. The van der Waals surface area contributed by atoms with E-state index in [4.69, 9.17) is 0 Å². The van der Waals surface area contributed by atoms with Gasteiger partial charge in [0.2, 0.25) is 5.91 Å². The molecule has 2 aliphatic rings. The Morgan fingerprint density at radius 2 is 1.85 bits per heavy atom. The molecule has 0 radical (unpaired) electrons. The maximum Gasteiger partial charge on any atom is 0.226 e. The zero-order valence-corrected chi connectivity index (χ0v) is 16.2. The zero-order valence-electron chi connectivity index (χ0n) is 16.2. The lowest BCUT2D eigenvalue weighted by Gasteiger charge is -2.34. The lowest BCUT2D eigenvalue weighted by Crippen LogP contribution is -2.43. The number of carbonyl (C=O) groups excluding carboxylic acids is 1. The minimum absolute atomic E-state index is 0.103. The molecular formula is C22H30N4O. The van der Waals surface area contributed by atoms with Crippen molar-refractivity contribution in [2.45, 2.75) is 38.5 Å². The number of aromatic nitrogens is 2. The molecule has 4 rings (SSSR count). The number of hydrogen-bond donors (Lipinski definition) is 1. The van der Waals surface area contributed by atoms with Gasteiger partial charge in [-0.2, -0.15) is 5.10 Å². The van der Waals surface area contributed by atoms with Crippen LogP contribution in [0.15, 0.2) is 36.5 Å². The highest BCUT2D eigenvalue weighted by Gasteiger charge is 2.29. The summed E-state index contributed by atoms with van der Waals surface area (Å²) >= 11 is 0. The summed E-state index contributed by atoms with van der Waals surface area (Å²) in [6, 6.07) is 10.4. The van der Waals surface area contributed by atoms with Crippen LogP contribution in [0.1, 0.15) is 44.2 Å². The van der Waals surface area contributed by atoms with Gasteiger partial charge in [0, 0.05) is 42.7 Å². The average molecular weight is 367 g/mol. The van der Waals surface area contributed by atoms with Crippen molar-refractivity contribution in [2.75, 3.05) is 32.7 Å². The molecule has 1 aromatic carbocycles. The predicted octanol–water partition coefficient (Wildman–Crippen LogP) is 3.51. The van der Waals surface area contributed by atoms with Crippen LogP contribution in [0, 0.1) is 5.92 Å². The van der Waals surface area contributed by atoms with E-state index in [-0.39, 0.29) is 5.92 Å². The molecule has 0 saturated carbocycles. The second-order valence-corrected chi connectivity index (χ2v) is 8.07. The van der Waals surface area contributed by atoms with Gasteiger partial charge in [-0.3, -0.25) is 9.89 Å². The monoisotopic (exact) mass is 366 g/mol. The number of carbonyl (C=O) groups is 1. The minimum atomic E-state index is 0.103. The van der Waals surface area contributed by atoms with E-state index in [1.165, 1.54) is 29.7 Å². The Balaban J connectivity index is 1.35. The molecule has 27 heavy (non-hydrogen) atoms. The number of piperidine rings is 1. The molecule has 0 aliphatic carbocycles. The fourth-order valence-corrected chi connectivity index (χ4v) is 4.59. The zero-order chi connectivity index (χ0) is 18.6. The van der Waals surface area contributed by atoms with Crippen molar-refractivity contribution >= 4 is 5.91 Å². The maximum atomic E-state index is 12.8. The highest BCUT2D eigenvalue weighted by Crippen LogP contribution is 2.34. The Morgan fingerprint density at radius 3 is 2.56 bits per heavy atom. The predicted molar refractivity (Wildman–Crippen MR) is 107 cm³/mol. The number of rotatable bonds is 5. The number of nitrogens with one attached hydrogen (secondary N) is 1. The minimum Gasteiger partial charge on any atom is -0.342 e. The molecule has 1 amide bonds. The summed E-state index contributed by atoms with van der Waals surface area (Å²) in [5.74, 6) is 0.876. The second kappa shape index (κ2) is 8.26. The van der Waals surface area contributed by atoms with Crippen LogP contribution in [-0.4, -0.2) is 58.6 Å². The number of hydrogen-bond acceptors (Lipinski definition) is 3. The van der Waals surface area contributed by atoms with Gasteiger partial charge in [-0.25, -0.2) is 0 Å². The van der Waals surface area contributed by atoms with Crippen molar-refractivity contribution in [3.05, 3.63) is 42.2 Å². The van der Waals surface area contributed by atoms with Gasteiger partial charge in [0.15, 0.2) is 0 Å². The third-order valence-corrected chi connectivity index (χ3v) is 6.12. The van der Waals surface area contributed by atoms with Gasteiger partial charge in [0.05, 0.1) is 6.20 Å². The Bertz CT molecular complexity index is 743. The third kappa shape index (κ3) is 4.08. The molecule has 3 heterocycles. The molecule has 1 atom stereocenters. The molecule has 5 nitrogen and oxygen atoms in total. The molecule has 1 N–H and O–H groups in total. The van der Waals surface area contributed by atoms with Crippen molar-refractivity contribution < 1.29 is 4.79 Å². The van der Waals surface area contributed by atoms with E-state index < -0.39 is 0 Å². The van der Waals surface area contributed by atoms with E-state index in [1.54, 1.807) is 0 Å². The lowest BCUT2D eigenvalue weighted by molar-refractivity contribution is -0.136. The van der Waals surface area contributed by atoms with Crippen LogP contribution < -0.4 is 0 Å². The molecule has 2 aliphatic heterocycles. The van der Waals surface area contributed by atoms with Crippen molar-refractivity contribution in [2.24, 2.45) is 5.92 Å². The molecule has 5 heteroatoms. The first-order valence-corrected chi connectivity index (χ1v) is 10.3. The summed E-state index contributed by atoms with van der Waals surface area (Å²) in [5.41, 5.74) is 3.63. The van der Waals surface area contributed by atoms with E-state index in [0.29, 0.717) is 11.8 Å². The Kier molecular flexibility index (Phi) is 5.58. The molecule has 144 valence electrons. The van der Waals surface area contributed by atoms with Crippen LogP contribution in [0.2, 0.25) is 0 Å². The lowest BCUT2D eigenvalue weighted by atomic mass is 9.89. The van der Waals surface area contributed by atoms with Crippen LogP contribution >= 0.6 is 0 Å². The third-order valence-electron chi connectivity index (χ3n) is 6.12. The Labute approximate surface area is 161 Å². The molecule has 1 aromatic heterocycles. The van der Waals surface area contributed by atoms with Crippen molar-refractivity contribution in [1.29, 1.82) is 0 Å². The van der Waals surface area contributed by atoms with Gasteiger partial charge in [0.1, 0.15) is 0 Å². The number of H-pyrrole nitrogens is 1. The summed E-state index contributed by atoms with van der Waals surface area (Å²) < 4.78 is 0. The second-order valence-electron chi connectivity index (χ2n) is 8.07. The summed E-state index contributed by atoms with van der Waals surface area (Å²) in [7, 11) is 0. The number of nitrogens with zero attached hydrogens (tertiary/aromatic N) is 3. The van der Waals surface area contributed by atoms with E-state index in [1.807, 2.05) is 12.3 Å². The topological polar surface area (TPSA) is 52.2 Å². The van der Waals surface area contributed by atoms with Crippen LogP contribution in [0.3, 0.4) is 0 Å². The van der Waals surface area contributed by atoms with Gasteiger partial charge >= 0.3 is 0 Å². The molecule has 2 saturated heterocycles. The summed E-state index contributed by atoms with van der Waals surface area (Å²) in [4.78, 5) is 17.4. The average Bonchev–Trinajstić information content (AvgIpc) is 3.40. The van der Waals surface area contributed by atoms with E-state index in [0.717, 1.165) is 45.6 Å². The van der Waals surface area contributed by atoms with Gasteiger partial charge in [-0.1, -0.05) is 37.3 Å². The standard InChI is InChI=1S/C22H30N4O/c1-17(16-25-11-5-6-12-25)22(27)26-13-9-19(10-14-26)21-20(15-23-24-21)18-7-3-2-4-8-18/h2-4,7-8,15,17,19H,5-6,9-14,16H2,1H3,(H,23,24)/t17-/m1/s1. The van der Waals surface area contributed by atoms with E-state index >= 15 is 0 Å². The number of amides is 1. The maximum absolute atomic E-state index is 12.8. The SMILES string of the molecule is C[C@H](CN1CCCC1)C(=O)N1CCC(c2[nH]ncc2-c2ccccc2)CC1. The highest BCUT2D eigenvalue weighted by molar-refractivity contribution is 5.79. The van der Waals surface area contributed by atoms with Crippen LogP contribution in [0.5, 0.6) is 0 Å². The summed E-state index contributed by atoms with van der Waals surface area (Å²) in [5, 5.41) is 7.53. The first-order valence-electron chi connectivity index (χ1n) is 10.3. The fourth-order valence-electron chi connectivity index (χ4n) is 4.59. The van der Waals surface area contributed by atoms with Crippen molar-refractivity contribution in [1.82, 2.24) is 20.0 Å². The molecule has 0 bridgehead atoms. The van der Waals surface area contributed by atoms with Crippen molar-refractivity contribution in [3.63, 3.8) is 0 Å². The highest BCUT2D eigenvalue weighted by atomic mass is 16.2. The fraction of sp³-hybridized carbons (Fsp3) is 0.545. The first kappa shape index (κ1) is 18.2. The molecule has 0 unspecified atom stereocenters. The smallest absolute Gasteiger partial charge is 0.226 e. The summed E-state index contributed by atoms with van der Waals surface area (Å²) in [6.45, 7) is 7.01. The van der Waals surface area contributed by atoms with Gasteiger partial charge in [0.25, 0.3) is 0 Å². The van der Waals surface area contributed by atoms with E-state index in [2.05, 4.69) is 51.2 Å². The number of aromatic amines is 1. The number of likely N-dealkylation sites (tertiary alicyclic amines) is 2. The van der Waals surface area contributed by atoms with Crippen LogP contribution in [0.4, 0.5) is 0 Å². The van der Waals surface area contributed by atoms with Gasteiger partial charge in [-0.05, 0) is 44.3 Å². The van der Waals surface area contributed by atoms with E-state index in [9.17, 15) is 4.79 Å². The molecule has 2 aromatic rings. The van der Waals surface area contributed by atoms with Gasteiger partial charge in [-0.15, -0.1) is 0 Å². The molecular weight excluding hydrogens is 336 g/mol. The van der Waals surface area contributed by atoms with Crippen LogP contribution in [-0.2, 0) is 4.79 Å². The quantitative estimate of drug-likeness (QED) is 0.881. The Morgan fingerprint density at radius 1 is 1.15 bits per heavy atom. The van der Waals surface area contributed by atoms with Crippen LogP contribution in [0.25, 0.3) is 11.1 Å². The number of benzene rings is 1. The normalized spacial score (nSPS) is 20.1. The first-order chi connectivity index (χ1) is 13.2. The molecule has 0 spiro atoms. The van der Waals surface area contributed by atoms with Gasteiger partial charge < -0.3 is 9.80 Å². The summed E-state index contributed by atoms with van der Waals surface area (Å²) in [6.07, 6.45) is 6.50. The van der Waals surface area contributed by atoms with Crippen molar-refractivity contribution in [3.8, 4) is 11.1 Å². The Hall–Kier alpha value is -2.14. The largest absolute Gasteiger partial charge is 0.342 e.